The Balaban J connectivity index is 1.36. The molecule has 2 spiro atoms. The molecule has 2 aromatic carbocycles. The number of nitrogens with zero attached hydrogens (tertiary/aromatic N) is 1. The number of rotatable bonds is 5. The van der Waals surface area contributed by atoms with Gasteiger partial charge in [0.1, 0.15) is 11.7 Å². The first-order valence-electron chi connectivity index (χ1n) is 14.0. The maximum absolute atomic E-state index is 12.3. The maximum Gasteiger partial charge on any atom is 0.165 e. The van der Waals surface area contributed by atoms with Crippen LogP contribution in [-0.4, -0.2) is 53.1 Å². The SMILES string of the molecule is CO[C@]12CC[C@@]3(C[C@@H]1[C@@](C)(O)c1ccccc1)[C@H]1Cc4ccc(O)c5c4[C@@]3(CCN1CC1CC1)[C@H]2O5. The van der Waals surface area contributed by atoms with Gasteiger partial charge in [0.2, 0.25) is 0 Å². The molecule has 2 N–H and O–H groups in total. The van der Waals surface area contributed by atoms with Gasteiger partial charge in [-0.2, -0.15) is 0 Å². The summed E-state index contributed by atoms with van der Waals surface area (Å²) in [6, 6.07) is 14.6. The fraction of sp³-hybridized carbons (Fsp3) is 0.613. The Morgan fingerprint density at radius 2 is 1.92 bits per heavy atom. The molecule has 2 aromatic rings. The Labute approximate surface area is 213 Å². The predicted molar refractivity (Wildman–Crippen MR) is 136 cm³/mol. The average molecular weight is 488 g/mol. The van der Waals surface area contributed by atoms with Crippen LogP contribution >= 0.6 is 0 Å². The number of likely N-dealkylation sites (tertiary alicyclic amines) is 1. The second-order valence-corrected chi connectivity index (χ2v) is 12.9. The largest absolute Gasteiger partial charge is 0.504 e. The van der Waals surface area contributed by atoms with Crippen LogP contribution in [0.25, 0.3) is 0 Å². The van der Waals surface area contributed by atoms with Crippen molar-refractivity contribution in [2.75, 3.05) is 20.2 Å². The van der Waals surface area contributed by atoms with E-state index in [1.165, 1.54) is 30.5 Å². The molecule has 0 aromatic heterocycles. The molecule has 2 heterocycles. The molecule has 9 rings (SSSR count). The van der Waals surface area contributed by atoms with Crippen molar-refractivity contribution in [2.24, 2.45) is 17.3 Å². The number of ether oxygens (including phenoxy) is 2. The number of hydrogen-bond acceptors (Lipinski definition) is 5. The molecule has 0 radical (unpaired) electrons. The van der Waals surface area contributed by atoms with Gasteiger partial charge in [0.15, 0.2) is 11.5 Å². The van der Waals surface area contributed by atoms with Crippen molar-refractivity contribution in [1.82, 2.24) is 4.90 Å². The molecule has 5 nitrogen and oxygen atoms in total. The Morgan fingerprint density at radius 3 is 2.67 bits per heavy atom. The van der Waals surface area contributed by atoms with E-state index in [4.69, 9.17) is 9.47 Å². The molecule has 0 amide bonds. The number of piperidine rings is 1. The lowest BCUT2D eigenvalue weighted by Crippen LogP contribution is -2.82. The van der Waals surface area contributed by atoms with Crippen LogP contribution in [0.3, 0.4) is 0 Å². The highest BCUT2D eigenvalue weighted by Gasteiger charge is 2.82. The number of aromatic hydroxyl groups is 1. The van der Waals surface area contributed by atoms with Crippen LogP contribution < -0.4 is 4.74 Å². The summed E-state index contributed by atoms with van der Waals surface area (Å²) in [4.78, 5) is 2.81. The third kappa shape index (κ3) is 2.35. The van der Waals surface area contributed by atoms with Crippen molar-refractivity contribution < 1.29 is 19.7 Å². The summed E-state index contributed by atoms with van der Waals surface area (Å²) >= 11 is 0. The highest BCUT2D eigenvalue weighted by atomic mass is 16.6. The smallest absolute Gasteiger partial charge is 0.165 e. The molecule has 36 heavy (non-hydrogen) atoms. The molecule has 5 fully saturated rings. The Morgan fingerprint density at radius 1 is 1.11 bits per heavy atom. The highest BCUT2D eigenvalue weighted by molar-refractivity contribution is 5.63. The number of fused-ring (bicyclic) bond motifs is 2. The van der Waals surface area contributed by atoms with E-state index >= 15 is 0 Å². The molecular formula is C31H37NO4. The number of methoxy groups -OCH3 is 1. The van der Waals surface area contributed by atoms with E-state index in [9.17, 15) is 10.2 Å². The van der Waals surface area contributed by atoms with Crippen LogP contribution in [-0.2, 0) is 22.2 Å². The molecule has 4 bridgehead atoms. The number of phenolic OH excluding ortho intramolecular Hbond substituents is 1. The standard InChI is InChI=1S/C31H37NO4/c1-28(34,21-6-4-3-5-7-21)23-17-29-12-13-31(23,35-2)27-30(29)14-15-32(18-19-8-9-19)24(29)16-20-10-11-22(33)26(36-27)25(20)30/h3-7,10-11,19,23-24,27,33-34H,8-9,12-18H2,1-2H3/t23-,24-,27-,28+,29-,30+,31-/m1/s1. The van der Waals surface area contributed by atoms with Gasteiger partial charge in [0, 0.05) is 42.0 Å². The molecular weight excluding hydrogens is 450 g/mol. The Hall–Kier alpha value is -2.08. The highest BCUT2D eigenvalue weighted by Crippen LogP contribution is 2.78. The van der Waals surface area contributed by atoms with Gasteiger partial charge in [-0.1, -0.05) is 36.4 Å². The Kier molecular flexibility index (Phi) is 4.18. The van der Waals surface area contributed by atoms with Crippen molar-refractivity contribution in [3.63, 3.8) is 0 Å². The third-order valence-electron chi connectivity index (χ3n) is 11.7. The second-order valence-electron chi connectivity index (χ2n) is 12.9. The molecule has 7 aliphatic rings. The second kappa shape index (κ2) is 6.86. The van der Waals surface area contributed by atoms with Crippen LogP contribution in [0, 0.1) is 17.3 Å². The number of hydrogen-bond donors (Lipinski definition) is 2. The summed E-state index contributed by atoms with van der Waals surface area (Å²) in [5.41, 5.74) is 1.73. The summed E-state index contributed by atoms with van der Waals surface area (Å²) in [7, 11) is 1.82. The molecule has 2 aliphatic heterocycles. The van der Waals surface area contributed by atoms with E-state index in [-0.39, 0.29) is 28.6 Å². The zero-order chi connectivity index (χ0) is 24.5. The van der Waals surface area contributed by atoms with E-state index in [0.717, 1.165) is 50.1 Å². The topological polar surface area (TPSA) is 62.2 Å². The van der Waals surface area contributed by atoms with Crippen molar-refractivity contribution >= 4 is 0 Å². The molecule has 5 heteroatoms. The van der Waals surface area contributed by atoms with E-state index < -0.39 is 11.2 Å². The lowest BCUT2D eigenvalue weighted by atomic mass is 9.33. The first kappa shape index (κ1) is 22.0. The molecule has 190 valence electrons. The minimum atomic E-state index is -1.05. The van der Waals surface area contributed by atoms with Crippen LogP contribution in [0.15, 0.2) is 42.5 Å². The van der Waals surface area contributed by atoms with Gasteiger partial charge in [-0.25, -0.2) is 0 Å². The normalized spacial score (nSPS) is 41.5. The summed E-state index contributed by atoms with van der Waals surface area (Å²) < 4.78 is 13.5. The number of phenols is 1. The first-order valence-corrected chi connectivity index (χ1v) is 14.0. The van der Waals surface area contributed by atoms with Crippen LogP contribution in [0.4, 0.5) is 0 Å². The summed E-state index contributed by atoms with van der Waals surface area (Å²) in [6.45, 7) is 4.27. The van der Waals surface area contributed by atoms with Gasteiger partial charge in [-0.05, 0) is 81.5 Å². The van der Waals surface area contributed by atoms with Crippen molar-refractivity contribution in [2.45, 2.75) is 80.6 Å². The van der Waals surface area contributed by atoms with E-state index in [2.05, 4.69) is 11.0 Å². The first-order chi connectivity index (χ1) is 17.4. The zero-order valence-corrected chi connectivity index (χ0v) is 21.4. The minimum absolute atomic E-state index is 0.000563. The summed E-state index contributed by atoms with van der Waals surface area (Å²) in [6.07, 6.45) is 7.45. The van der Waals surface area contributed by atoms with Gasteiger partial charge >= 0.3 is 0 Å². The van der Waals surface area contributed by atoms with Crippen molar-refractivity contribution in [3.05, 3.63) is 59.2 Å². The summed E-state index contributed by atoms with van der Waals surface area (Å²) in [5.74, 6) is 1.69. The van der Waals surface area contributed by atoms with E-state index in [1.807, 2.05) is 50.4 Å². The van der Waals surface area contributed by atoms with Gasteiger partial charge in [-0.3, -0.25) is 4.90 Å². The lowest BCUT2D eigenvalue weighted by molar-refractivity contribution is -0.304. The average Bonchev–Trinajstić information content (AvgIpc) is 3.64. The van der Waals surface area contributed by atoms with Gasteiger partial charge in [0.25, 0.3) is 0 Å². The van der Waals surface area contributed by atoms with Crippen LogP contribution in [0.2, 0.25) is 0 Å². The van der Waals surface area contributed by atoms with Gasteiger partial charge in [0.05, 0.1) is 5.60 Å². The predicted octanol–water partition coefficient (Wildman–Crippen LogP) is 4.52. The maximum atomic E-state index is 12.3. The number of aliphatic hydroxyl groups is 1. The fourth-order valence-corrected chi connectivity index (χ4v) is 10.0. The van der Waals surface area contributed by atoms with Gasteiger partial charge in [-0.15, -0.1) is 0 Å². The van der Waals surface area contributed by atoms with Crippen LogP contribution in [0.5, 0.6) is 11.5 Å². The van der Waals surface area contributed by atoms with Gasteiger partial charge < -0.3 is 19.7 Å². The monoisotopic (exact) mass is 487 g/mol. The van der Waals surface area contributed by atoms with E-state index in [0.29, 0.717) is 11.8 Å². The number of benzene rings is 2. The fourth-order valence-electron chi connectivity index (χ4n) is 10.0. The van der Waals surface area contributed by atoms with E-state index in [1.54, 1.807) is 0 Å². The molecule has 5 aliphatic carbocycles. The third-order valence-corrected chi connectivity index (χ3v) is 11.7. The van der Waals surface area contributed by atoms with Crippen molar-refractivity contribution in [3.8, 4) is 11.5 Å². The quantitative estimate of drug-likeness (QED) is 0.649. The molecule has 7 atom stereocenters. The Bertz CT molecular complexity index is 1240. The minimum Gasteiger partial charge on any atom is -0.504 e. The molecule has 4 saturated carbocycles. The van der Waals surface area contributed by atoms with Crippen molar-refractivity contribution in [1.29, 1.82) is 0 Å². The molecule has 0 unspecified atom stereocenters. The summed E-state index contributed by atoms with van der Waals surface area (Å²) in [5, 5.41) is 23.3. The van der Waals surface area contributed by atoms with Crippen LogP contribution in [0.1, 0.15) is 62.1 Å². The zero-order valence-electron chi connectivity index (χ0n) is 21.4. The molecule has 1 saturated heterocycles. The lowest BCUT2D eigenvalue weighted by Gasteiger charge is -2.75.